The predicted octanol–water partition coefficient (Wildman–Crippen LogP) is 3.53. The maximum absolute atomic E-state index is 14.1. The van der Waals surface area contributed by atoms with Gasteiger partial charge in [0.1, 0.15) is 28.6 Å². The van der Waals surface area contributed by atoms with E-state index in [0.717, 1.165) is 12.1 Å². The summed E-state index contributed by atoms with van der Waals surface area (Å²) >= 11 is 6.76. The number of carbonyl (C=O) groups is 2. The third-order valence-electron chi connectivity index (χ3n) is 4.24. The number of cyclic esters (lactones) is 1. The van der Waals surface area contributed by atoms with Crippen molar-refractivity contribution in [3.63, 3.8) is 0 Å². The molecular formula is C15H9ClF4N2O4S. The number of hydrogen-bond acceptors (Lipinski definition) is 5. The molecule has 2 aliphatic rings. The Kier molecular flexibility index (Phi) is 3.93. The fraction of sp³-hybridized carbons (Fsp3) is 0.333. The maximum atomic E-state index is 14.1. The minimum Gasteiger partial charge on any atom is -0.447 e. The number of alkyl halides is 3. The topological polar surface area (TPSA) is 67.9 Å². The van der Waals surface area contributed by atoms with Gasteiger partial charge in [0.2, 0.25) is 0 Å². The first-order valence-electron chi connectivity index (χ1n) is 7.49. The van der Waals surface area contributed by atoms with Gasteiger partial charge in [-0.3, -0.25) is 4.79 Å². The molecule has 3 heterocycles. The van der Waals surface area contributed by atoms with Gasteiger partial charge in [-0.05, 0) is 12.1 Å². The van der Waals surface area contributed by atoms with Gasteiger partial charge >= 0.3 is 12.5 Å². The fourth-order valence-electron chi connectivity index (χ4n) is 3.09. The second-order valence-corrected chi connectivity index (χ2v) is 7.58. The molecule has 0 unspecified atom stereocenters. The number of carbonyl (C=O) groups excluding carboxylic acids is 2. The van der Waals surface area contributed by atoms with Crippen molar-refractivity contribution in [2.45, 2.75) is 11.9 Å². The van der Waals surface area contributed by atoms with Crippen molar-refractivity contribution in [2.75, 3.05) is 19.7 Å². The number of likely N-dealkylation sites (tertiary alicyclic amines) is 1. The molecule has 1 aromatic heterocycles. The summed E-state index contributed by atoms with van der Waals surface area (Å²) < 4.78 is 60.3. The number of thiophene rings is 1. The highest BCUT2D eigenvalue weighted by Gasteiger charge is 2.51. The van der Waals surface area contributed by atoms with E-state index in [9.17, 15) is 27.2 Å². The predicted molar refractivity (Wildman–Crippen MR) is 86.6 cm³/mol. The lowest BCUT2D eigenvalue weighted by Crippen LogP contribution is -2.69. The Bertz CT molecular complexity index is 971. The summed E-state index contributed by atoms with van der Waals surface area (Å²) in [4.78, 5) is 25.0. The van der Waals surface area contributed by atoms with Crippen LogP contribution in [-0.2, 0) is 4.74 Å². The van der Waals surface area contributed by atoms with E-state index in [2.05, 4.69) is 10.1 Å². The first-order valence-corrected chi connectivity index (χ1v) is 8.68. The van der Waals surface area contributed by atoms with Gasteiger partial charge in [0, 0.05) is 13.1 Å². The van der Waals surface area contributed by atoms with Crippen molar-refractivity contribution < 1.29 is 36.6 Å². The van der Waals surface area contributed by atoms with E-state index in [4.69, 9.17) is 16.3 Å². The number of hydrogen-bond donors (Lipinski definition) is 1. The van der Waals surface area contributed by atoms with E-state index >= 15 is 0 Å². The normalized spacial score (nSPS) is 18.4. The average molecular weight is 425 g/mol. The lowest BCUT2D eigenvalue weighted by Gasteiger charge is -2.45. The Morgan fingerprint density at radius 2 is 2.07 bits per heavy atom. The van der Waals surface area contributed by atoms with E-state index in [1.165, 1.54) is 4.90 Å². The van der Waals surface area contributed by atoms with Crippen LogP contribution in [0.25, 0.3) is 10.1 Å². The molecule has 6 nitrogen and oxygen atoms in total. The van der Waals surface area contributed by atoms with Crippen LogP contribution in [0.2, 0.25) is 5.02 Å². The summed E-state index contributed by atoms with van der Waals surface area (Å²) in [5, 5.41) is 1.97. The minimum atomic E-state index is -5.00. The zero-order chi connectivity index (χ0) is 19.6. The Balaban J connectivity index is 1.66. The van der Waals surface area contributed by atoms with Gasteiger partial charge in [0.25, 0.3) is 5.91 Å². The maximum Gasteiger partial charge on any atom is 0.573 e. The van der Waals surface area contributed by atoms with Gasteiger partial charge in [-0.15, -0.1) is 24.5 Å². The Labute approximate surface area is 157 Å². The third kappa shape index (κ3) is 3.04. The number of benzene rings is 1. The third-order valence-corrected chi connectivity index (χ3v) is 5.91. The smallest absolute Gasteiger partial charge is 0.447 e. The van der Waals surface area contributed by atoms with E-state index in [1.807, 2.05) is 0 Å². The van der Waals surface area contributed by atoms with Crippen LogP contribution in [0.4, 0.5) is 22.4 Å². The highest BCUT2D eigenvalue weighted by atomic mass is 35.5. The first-order chi connectivity index (χ1) is 12.6. The van der Waals surface area contributed by atoms with E-state index in [1.54, 1.807) is 0 Å². The molecule has 0 atom stereocenters. The number of ether oxygens (including phenoxy) is 2. The Morgan fingerprint density at radius 3 is 2.67 bits per heavy atom. The highest BCUT2D eigenvalue weighted by molar-refractivity contribution is 7.21. The number of alkyl carbamates (subject to hydrolysis) is 1. The van der Waals surface area contributed by atoms with E-state index in [0.29, 0.717) is 11.3 Å². The van der Waals surface area contributed by atoms with Crippen LogP contribution in [-0.4, -0.2) is 48.5 Å². The molecule has 2 saturated heterocycles. The second kappa shape index (κ2) is 5.86. The van der Waals surface area contributed by atoms with Crippen molar-refractivity contribution in [3.05, 3.63) is 27.8 Å². The molecule has 4 rings (SSSR count). The number of halogens is 5. The standard InChI is InChI=1S/C15H9ClF4N2O4S/c16-9-8-7(26-15(18,19)20)2-1-6(17)10(8)27-11(9)12(23)22-3-14(4-22)5-25-13(24)21-14/h1-2H,3-5H2,(H,21,24). The number of nitrogens with zero attached hydrogens (tertiary/aromatic N) is 1. The summed E-state index contributed by atoms with van der Waals surface area (Å²) in [7, 11) is 0. The molecule has 1 aromatic carbocycles. The van der Waals surface area contributed by atoms with Crippen molar-refractivity contribution >= 4 is 45.0 Å². The molecule has 0 aliphatic carbocycles. The summed E-state index contributed by atoms with van der Waals surface area (Å²) in [6.45, 7) is 0.404. The van der Waals surface area contributed by atoms with Gasteiger partial charge in [0.15, 0.2) is 0 Å². The molecule has 144 valence electrons. The van der Waals surface area contributed by atoms with Crippen molar-refractivity contribution in [1.29, 1.82) is 0 Å². The van der Waals surface area contributed by atoms with Crippen molar-refractivity contribution in [3.8, 4) is 5.75 Å². The zero-order valence-corrected chi connectivity index (χ0v) is 14.7. The highest BCUT2D eigenvalue weighted by Crippen LogP contribution is 2.44. The SMILES string of the molecule is O=C1NC2(CO1)CN(C(=O)c1sc3c(F)ccc(OC(F)(F)F)c3c1Cl)C2. The molecule has 2 fully saturated rings. The second-order valence-electron chi connectivity index (χ2n) is 6.19. The lowest BCUT2D eigenvalue weighted by molar-refractivity contribution is -0.274. The number of nitrogens with one attached hydrogen (secondary N) is 1. The van der Waals surface area contributed by atoms with Crippen LogP contribution in [0.1, 0.15) is 9.67 Å². The summed E-state index contributed by atoms with van der Waals surface area (Å²) in [6.07, 6.45) is -5.58. The van der Waals surface area contributed by atoms with Crippen LogP contribution in [0.15, 0.2) is 12.1 Å². The average Bonchev–Trinajstić information content (AvgIpc) is 3.09. The molecule has 2 amide bonds. The Hall–Kier alpha value is -2.27. The summed E-state index contributed by atoms with van der Waals surface area (Å²) in [5.41, 5.74) is -0.675. The van der Waals surface area contributed by atoms with Gasteiger partial charge < -0.3 is 19.7 Å². The molecule has 12 heteroatoms. The van der Waals surface area contributed by atoms with Crippen molar-refractivity contribution in [1.82, 2.24) is 10.2 Å². The largest absolute Gasteiger partial charge is 0.573 e. The molecule has 0 radical (unpaired) electrons. The zero-order valence-electron chi connectivity index (χ0n) is 13.2. The Morgan fingerprint density at radius 1 is 1.37 bits per heavy atom. The van der Waals surface area contributed by atoms with Crippen LogP contribution < -0.4 is 10.1 Å². The van der Waals surface area contributed by atoms with Gasteiger partial charge in [-0.25, -0.2) is 9.18 Å². The van der Waals surface area contributed by atoms with Crippen LogP contribution >= 0.6 is 22.9 Å². The monoisotopic (exact) mass is 424 g/mol. The van der Waals surface area contributed by atoms with Crippen molar-refractivity contribution in [2.24, 2.45) is 0 Å². The number of fused-ring (bicyclic) bond motifs is 1. The molecule has 27 heavy (non-hydrogen) atoms. The molecule has 2 aliphatic heterocycles. The summed E-state index contributed by atoms with van der Waals surface area (Å²) in [6, 6.07) is 1.62. The molecule has 0 bridgehead atoms. The van der Waals surface area contributed by atoms with E-state index < -0.39 is 35.5 Å². The van der Waals surface area contributed by atoms with Gasteiger partial charge in [-0.1, -0.05) is 11.6 Å². The first kappa shape index (κ1) is 18.1. The van der Waals surface area contributed by atoms with Gasteiger partial charge in [-0.2, -0.15) is 0 Å². The minimum absolute atomic E-state index is 0.105. The van der Waals surface area contributed by atoms with E-state index in [-0.39, 0.29) is 39.7 Å². The molecule has 2 aromatic rings. The van der Waals surface area contributed by atoms with Crippen LogP contribution in [0.5, 0.6) is 5.75 Å². The molecular weight excluding hydrogens is 416 g/mol. The van der Waals surface area contributed by atoms with Crippen LogP contribution in [0.3, 0.4) is 0 Å². The molecule has 0 saturated carbocycles. The van der Waals surface area contributed by atoms with Crippen LogP contribution in [0, 0.1) is 5.82 Å². The lowest BCUT2D eigenvalue weighted by atomic mass is 9.91. The quantitative estimate of drug-likeness (QED) is 0.749. The number of rotatable bonds is 2. The molecule has 1 spiro atoms. The van der Waals surface area contributed by atoms with Gasteiger partial charge in [0.05, 0.1) is 15.1 Å². The number of amides is 2. The summed E-state index contributed by atoms with van der Waals surface area (Å²) in [5.74, 6) is -2.08. The molecule has 1 N–H and O–H groups in total. The fourth-order valence-corrected chi connectivity index (χ4v) is 4.61.